The molecule has 0 unspecified atom stereocenters. The summed E-state index contributed by atoms with van der Waals surface area (Å²) in [6.07, 6.45) is 10.00. The van der Waals surface area contributed by atoms with Gasteiger partial charge in [0.25, 0.3) is 5.91 Å². The van der Waals surface area contributed by atoms with Gasteiger partial charge in [-0.3, -0.25) is 14.8 Å². The van der Waals surface area contributed by atoms with E-state index >= 15 is 0 Å². The van der Waals surface area contributed by atoms with Crippen LogP contribution >= 0.6 is 0 Å². The second-order valence-electron chi connectivity index (χ2n) is 8.85. The lowest BCUT2D eigenvalue weighted by Gasteiger charge is -2.39. The Bertz CT molecular complexity index is 1330. The molecule has 1 saturated heterocycles. The van der Waals surface area contributed by atoms with Crippen molar-refractivity contribution < 1.29 is 4.79 Å². The van der Waals surface area contributed by atoms with Gasteiger partial charge in [0.15, 0.2) is 11.5 Å². The van der Waals surface area contributed by atoms with Crippen LogP contribution in [0.5, 0.6) is 0 Å². The molecule has 0 saturated carbocycles. The van der Waals surface area contributed by atoms with Gasteiger partial charge in [-0.25, -0.2) is 4.68 Å². The molecular formula is C25H24N8O. The Morgan fingerprint density at radius 1 is 1.09 bits per heavy atom. The molecule has 4 aromatic rings. The number of likely N-dealkylation sites (tertiary alicyclic amines) is 1. The van der Waals surface area contributed by atoms with Crippen molar-refractivity contribution in [3.63, 3.8) is 0 Å². The number of aryl methyl sites for hydroxylation is 1. The number of hydrogen-bond acceptors (Lipinski definition) is 7. The highest BCUT2D eigenvalue weighted by Crippen LogP contribution is 2.29. The molecule has 0 spiro atoms. The zero-order valence-electron chi connectivity index (χ0n) is 18.9. The van der Waals surface area contributed by atoms with Crippen LogP contribution in [-0.2, 0) is 13.0 Å². The molecule has 0 radical (unpaired) electrons. The Labute approximate surface area is 197 Å². The average molecular weight is 453 g/mol. The van der Waals surface area contributed by atoms with Crippen LogP contribution in [0.4, 0.5) is 5.82 Å². The zero-order chi connectivity index (χ0) is 23.1. The summed E-state index contributed by atoms with van der Waals surface area (Å²) in [6.45, 7) is 4.86. The number of pyridine rings is 2. The van der Waals surface area contributed by atoms with Crippen LogP contribution in [0.15, 0.2) is 61.3 Å². The maximum atomic E-state index is 12.9. The molecule has 0 aliphatic carbocycles. The van der Waals surface area contributed by atoms with Crippen molar-refractivity contribution in [2.24, 2.45) is 0 Å². The fraction of sp³-hybridized carbons (Fsp3) is 0.280. The van der Waals surface area contributed by atoms with E-state index in [2.05, 4.69) is 42.3 Å². The lowest BCUT2D eigenvalue weighted by molar-refractivity contribution is 0.0594. The van der Waals surface area contributed by atoms with Crippen molar-refractivity contribution in [1.82, 2.24) is 34.8 Å². The molecule has 1 fully saturated rings. The minimum absolute atomic E-state index is 0.0701. The average Bonchev–Trinajstić information content (AvgIpc) is 3.38. The van der Waals surface area contributed by atoms with E-state index in [1.54, 1.807) is 12.4 Å². The predicted octanol–water partition coefficient (Wildman–Crippen LogP) is 2.56. The summed E-state index contributed by atoms with van der Waals surface area (Å²) in [6, 6.07) is 9.87. The molecule has 2 aliphatic rings. The Morgan fingerprint density at radius 3 is 2.76 bits per heavy atom. The highest BCUT2D eigenvalue weighted by molar-refractivity contribution is 5.93. The summed E-state index contributed by atoms with van der Waals surface area (Å²) >= 11 is 0. The molecular weight excluding hydrogens is 428 g/mol. The van der Waals surface area contributed by atoms with Crippen molar-refractivity contribution in [2.75, 3.05) is 24.5 Å². The van der Waals surface area contributed by atoms with Crippen LogP contribution in [-0.4, -0.2) is 60.4 Å². The normalized spacial score (nSPS) is 15.7. The molecule has 1 amide bonds. The minimum atomic E-state index is -0.0701. The van der Waals surface area contributed by atoms with Crippen LogP contribution in [0.2, 0.25) is 0 Å². The second-order valence-corrected chi connectivity index (χ2v) is 8.85. The van der Waals surface area contributed by atoms with Crippen LogP contribution in [0.1, 0.15) is 38.8 Å². The van der Waals surface area contributed by atoms with Crippen molar-refractivity contribution >= 4 is 11.7 Å². The molecule has 6 heterocycles. The number of nitrogens with zero attached hydrogens (tertiary/aromatic N) is 8. The van der Waals surface area contributed by atoms with Gasteiger partial charge in [0.2, 0.25) is 0 Å². The summed E-state index contributed by atoms with van der Waals surface area (Å²) in [4.78, 5) is 25.8. The lowest BCUT2D eigenvalue weighted by Crippen LogP contribution is -2.48. The number of hydrogen-bond donors (Lipinski definition) is 0. The van der Waals surface area contributed by atoms with Crippen LogP contribution in [0.3, 0.4) is 0 Å². The number of carbonyl (C=O) groups excluding carboxylic acids is 1. The van der Waals surface area contributed by atoms with E-state index in [0.29, 0.717) is 31.2 Å². The van der Waals surface area contributed by atoms with Crippen LogP contribution in [0.25, 0.3) is 5.69 Å². The van der Waals surface area contributed by atoms with E-state index in [-0.39, 0.29) is 5.91 Å². The van der Waals surface area contributed by atoms with Crippen molar-refractivity contribution in [1.29, 1.82) is 0 Å². The summed E-state index contributed by atoms with van der Waals surface area (Å²) in [7, 11) is 0. The summed E-state index contributed by atoms with van der Waals surface area (Å²) in [5, 5.41) is 13.1. The first-order valence-electron chi connectivity index (χ1n) is 11.4. The number of carbonyl (C=O) groups is 1. The molecule has 34 heavy (non-hydrogen) atoms. The molecule has 9 nitrogen and oxygen atoms in total. The zero-order valence-corrected chi connectivity index (χ0v) is 18.9. The molecule has 0 aromatic carbocycles. The van der Waals surface area contributed by atoms with Gasteiger partial charge in [-0.05, 0) is 47.9 Å². The Balaban J connectivity index is 1.16. The maximum absolute atomic E-state index is 12.9. The summed E-state index contributed by atoms with van der Waals surface area (Å²) in [5.41, 5.74) is 5.70. The largest absolute Gasteiger partial charge is 0.350 e. The van der Waals surface area contributed by atoms with Gasteiger partial charge in [-0.1, -0.05) is 6.07 Å². The summed E-state index contributed by atoms with van der Waals surface area (Å²) in [5.74, 6) is 1.07. The molecule has 9 heteroatoms. The first-order chi connectivity index (χ1) is 16.7. The molecule has 2 aliphatic heterocycles. The van der Waals surface area contributed by atoms with Crippen molar-refractivity contribution in [2.45, 2.75) is 25.8 Å². The van der Waals surface area contributed by atoms with Gasteiger partial charge >= 0.3 is 0 Å². The van der Waals surface area contributed by atoms with E-state index in [1.807, 2.05) is 53.3 Å². The smallest absolute Gasteiger partial charge is 0.274 e. The highest BCUT2D eigenvalue weighted by atomic mass is 16.2. The quantitative estimate of drug-likeness (QED) is 0.470. The second kappa shape index (κ2) is 8.33. The van der Waals surface area contributed by atoms with Gasteiger partial charge in [0.05, 0.1) is 11.9 Å². The van der Waals surface area contributed by atoms with Crippen molar-refractivity contribution in [3.05, 3.63) is 89.4 Å². The van der Waals surface area contributed by atoms with Gasteiger partial charge in [0.1, 0.15) is 0 Å². The third-order valence-electron chi connectivity index (χ3n) is 6.60. The first-order valence-corrected chi connectivity index (χ1v) is 11.4. The first kappa shape index (κ1) is 20.5. The Kier molecular flexibility index (Phi) is 5.01. The van der Waals surface area contributed by atoms with E-state index in [1.165, 1.54) is 5.56 Å². The molecule has 6 rings (SSSR count). The van der Waals surface area contributed by atoms with Gasteiger partial charge < -0.3 is 9.80 Å². The predicted molar refractivity (Wildman–Crippen MR) is 126 cm³/mol. The third kappa shape index (κ3) is 3.68. The lowest BCUT2D eigenvalue weighted by atomic mass is 9.92. The standard InChI is InChI=1S/C25H24N8O/c1-17-10-23(25(34)32-15-20(16-32)18-4-2-6-26-12-18)29-30-24(17)31-9-5-22-19(14-31)11-21(13-27-22)33-8-3-7-28-33/h2-4,6-8,10-13,20H,5,9,14-16H2,1H3. The van der Waals surface area contributed by atoms with Crippen LogP contribution < -0.4 is 4.90 Å². The Morgan fingerprint density at radius 2 is 2.00 bits per heavy atom. The minimum Gasteiger partial charge on any atom is -0.350 e. The van der Waals surface area contributed by atoms with E-state index in [4.69, 9.17) is 0 Å². The molecule has 0 bridgehead atoms. The van der Waals surface area contributed by atoms with E-state index < -0.39 is 0 Å². The van der Waals surface area contributed by atoms with Crippen molar-refractivity contribution in [3.8, 4) is 5.69 Å². The van der Waals surface area contributed by atoms with E-state index in [9.17, 15) is 4.79 Å². The maximum Gasteiger partial charge on any atom is 0.274 e. The Hall–Kier alpha value is -4.14. The topological polar surface area (TPSA) is 92.9 Å². The summed E-state index contributed by atoms with van der Waals surface area (Å²) < 4.78 is 1.81. The van der Waals surface area contributed by atoms with E-state index in [0.717, 1.165) is 41.3 Å². The van der Waals surface area contributed by atoms with Crippen LogP contribution in [0, 0.1) is 6.92 Å². The molecule has 0 N–H and O–H groups in total. The number of rotatable bonds is 4. The fourth-order valence-electron chi connectivity index (χ4n) is 4.67. The SMILES string of the molecule is Cc1cc(C(=O)N2CC(c3cccnc3)C2)nnc1N1CCc2ncc(-n3cccn3)cc2C1. The number of anilines is 1. The molecule has 170 valence electrons. The molecule has 4 aromatic heterocycles. The third-order valence-corrected chi connectivity index (χ3v) is 6.60. The fourth-order valence-corrected chi connectivity index (χ4v) is 4.67. The highest BCUT2D eigenvalue weighted by Gasteiger charge is 2.33. The van der Waals surface area contributed by atoms with Gasteiger partial charge in [-0.2, -0.15) is 5.10 Å². The monoisotopic (exact) mass is 452 g/mol. The number of fused-ring (bicyclic) bond motifs is 1. The van der Waals surface area contributed by atoms with Gasteiger partial charge in [-0.15, -0.1) is 10.2 Å². The van der Waals surface area contributed by atoms with Gasteiger partial charge in [0, 0.05) is 69.0 Å². The molecule has 0 atom stereocenters. The number of amides is 1. The number of aromatic nitrogens is 6.